The van der Waals surface area contributed by atoms with Crippen LogP contribution in [0.15, 0.2) is 84.9 Å². The molecule has 4 heteroatoms. The summed E-state index contributed by atoms with van der Waals surface area (Å²) in [6.07, 6.45) is 2.07. The van der Waals surface area contributed by atoms with E-state index in [1.165, 1.54) is 21.9 Å². The van der Waals surface area contributed by atoms with Gasteiger partial charge < -0.3 is 9.30 Å². The number of imidazole rings is 1. The molecule has 1 aromatic heterocycles. The van der Waals surface area contributed by atoms with E-state index in [1.807, 2.05) is 45.0 Å². The van der Waals surface area contributed by atoms with Crippen LogP contribution in [0, 0.1) is 5.92 Å². The number of carbonyl (C=O) groups is 1. The van der Waals surface area contributed by atoms with Crippen molar-refractivity contribution in [3.8, 4) is 11.1 Å². The van der Waals surface area contributed by atoms with Crippen LogP contribution in [0.3, 0.4) is 0 Å². The first-order chi connectivity index (χ1) is 18.2. The second-order valence-corrected chi connectivity index (χ2v) is 11.3. The molecule has 5 aromatic rings. The van der Waals surface area contributed by atoms with Gasteiger partial charge in [0.05, 0.1) is 16.6 Å². The first-order valence-electron chi connectivity index (χ1n) is 13.5. The molecule has 1 unspecified atom stereocenters. The molecule has 1 atom stereocenters. The summed E-state index contributed by atoms with van der Waals surface area (Å²) in [4.78, 5) is 18.0. The smallest absolute Gasteiger partial charge is 0.339 e. The highest BCUT2D eigenvalue weighted by molar-refractivity contribution is 5.97. The zero-order chi connectivity index (χ0) is 26.9. The molecule has 0 aliphatic carbocycles. The Balaban J connectivity index is 1.49. The minimum Gasteiger partial charge on any atom is -0.456 e. The summed E-state index contributed by atoms with van der Waals surface area (Å²) in [6.45, 7) is 10.9. The molecule has 0 bridgehead atoms. The highest BCUT2D eigenvalue weighted by Gasteiger charge is 2.21. The average Bonchev–Trinajstić information content (AvgIpc) is 3.22. The summed E-state index contributed by atoms with van der Waals surface area (Å²) in [7, 11) is 0. The number of fused-ring (bicyclic) bond motifs is 2. The lowest BCUT2D eigenvalue weighted by molar-refractivity contribution is 0.00704. The predicted octanol–water partition coefficient (Wildman–Crippen LogP) is 8.45. The molecule has 0 aliphatic rings. The standard InChI is InChI=1S/C34H36N2O2/c1-6-23(2)19-32-35-30-20-26-11-7-8-12-27(26)21-31(30)36(32)22-24-15-17-25(18-16-24)28-13-9-10-14-29(28)33(37)38-34(3,4)5/h7-18,20-21,23H,6,19,22H2,1-5H3. The first kappa shape index (κ1) is 25.7. The van der Waals surface area contributed by atoms with E-state index in [1.54, 1.807) is 0 Å². The molecule has 38 heavy (non-hydrogen) atoms. The van der Waals surface area contributed by atoms with E-state index in [4.69, 9.17) is 9.72 Å². The van der Waals surface area contributed by atoms with E-state index in [0.717, 1.165) is 41.9 Å². The van der Waals surface area contributed by atoms with Crippen molar-refractivity contribution in [2.24, 2.45) is 5.92 Å². The van der Waals surface area contributed by atoms with E-state index < -0.39 is 5.60 Å². The van der Waals surface area contributed by atoms with E-state index in [2.05, 4.69) is 79.1 Å². The molecule has 194 valence electrons. The Morgan fingerprint density at radius 1 is 0.921 bits per heavy atom. The van der Waals surface area contributed by atoms with E-state index in [0.29, 0.717) is 11.5 Å². The molecule has 0 saturated carbocycles. The quantitative estimate of drug-likeness (QED) is 0.209. The molecule has 1 heterocycles. The van der Waals surface area contributed by atoms with Gasteiger partial charge in [-0.3, -0.25) is 0 Å². The number of rotatable bonds is 7. The number of benzene rings is 4. The topological polar surface area (TPSA) is 44.1 Å². The molecular weight excluding hydrogens is 468 g/mol. The average molecular weight is 505 g/mol. The fraction of sp³-hybridized carbons (Fsp3) is 0.294. The number of hydrogen-bond donors (Lipinski definition) is 0. The van der Waals surface area contributed by atoms with Gasteiger partial charge in [0.25, 0.3) is 0 Å². The number of carbonyl (C=O) groups excluding carboxylic acids is 1. The largest absolute Gasteiger partial charge is 0.456 e. The summed E-state index contributed by atoms with van der Waals surface area (Å²) < 4.78 is 8.03. The van der Waals surface area contributed by atoms with Crippen LogP contribution in [-0.4, -0.2) is 21.1 Å². The van der Waals surface area contributed by atoms with Gasteiger partial charge in [0, 0.05) is 13.0 Å². The van der Waals surface area contributed by atoms with Gasteiger partial charge in [-0.2, -0.15) is 0 Å². The van der Waals surface area contributed by atoms with Crippen molar-refractivity contribution in [3.05, 3.63) is 102 Å². The van der Waals surface area contributed by atoms with Crippen molar-refractivity contribution >= 4 is 27.8 Å². The van der Waals surface area contributed by atoms with Gasteiger partial charge in [0.1, 0.15) is 11.4 Å². The van der Waals surface area contributed by atoms with Crippen LogP contribution in [-0.2, 0) is 17.7 Å². The second-order valence-electron chi connectivity index (χ2n) is 11.3. The normalized spacial score (nSPS) is 12.7. The van der Waals surface area contributed by atoms with Crippen molar-refractivity contribution in [2.75, 3.05) is 0 Å². The van der Waals surface area contributed by atoms with Crippen molar-refractivity contribution in [2.45, 2.75) is 59.6 Å². The van der Waals surface area contributed by atoms with Crippen LogP contribution in [0.25, 0.3) is 32.9 Å². The molecule has 0 N–H and O–H groups in total. The van der Waals surface area contributed by atoms with Crippen molar-refractivity contribution in [1.29, 1.82) is 0 Å². The Hall–Kier alpha value is -3.92. The highest BCUT2D eigenvalue weighted by Crippen LogP contribution is 2.29. The molecular formula is C34H36N2O2. The van der Waals surface area contributed by atoms with Gasteiger partial charge in [-0.15, -0.1) is 0 Å². The number of nitrogens with zero attached hydrogens (tertiary/aromatic N) is 2. The fourth-order valence-corrected chi connectivity index (χ4v) is 4.87. The summed E-state index contributed by atoms with van der Waals surface area (Å²) in [5.74, 6) is 1.39. The van der Waals surface area contributed by atoms with Gasteiger partial charge >= 0.3 is 5.97 Å². The predicted molar refractivity (Wildman–Crippen MR) is 157 cm³/mol. The molecule has 0 radical (unpaired) electrons. The van der Waals surface area contributed by atoms with Gasteiger partial charge in [-0.25, -0.2) is 9.78 Å². The zero-order valence-corrected chi connectivity index (χ0v) is 23.0. The van der Waals surface area contributed by atoms with Gasteiger partial charge in [-0.05, 0) is 72.4 Å². The highest BCUT2D eigenvalue weighted by atomic mass is 16.6. The molecule has 0 aliphatic heterocycles. The summed E-state index contributed by atoms with van der Waals surface area (Å²) in [5.41, 5.74) is 5.33. The Morgan fingerprint density at radius 2 is 1.58 bits per heavy atom. The number of esters is 1. The minimum atomic E-state index is -0.542. The Labute approximate surface area is 225 Å². The maximum Gasteiger partial charge on any atom is 0.339 e. The lowest BCUT2D eigenvalue weighted by Crippen LogP contribution is -2.24. The number of hydrogen-bond acceptors (Lipinski definition) is 3. The molecule has 0 fully saturated rings. The van der Waals surface area contributed by atoms with E-state index >= 15 is 0 Å². The SMILES string of the molecule is CCC(C)Cc1nc2cc3ccccc3cc2n1Cc1ccc(-c2ccccc2C(=O)OC(C)(C)C)cc1. The third-order valence-electron chi connectivity index (χ3n) is 7.07. The third kappa shape index (κ3) is 5.50. The minimum absolute atomic E-state index is 0.302. The van der Waals surface area contributed by atoms with Crippen LogP contribution in [0.2, 0.25) is 0 Å². The Morgan fingerprint density at radius 3 is 2.26 bits per heavy atom. The van der Waals surface area contributed by atoms with Crippen LogP contribution in [0.1, 0.15) is 62.8 Å². The fourth-order valence-electron chi connectivity index (χ4n) is 4.87. The van der Waals surface area contributed by atoms with Crippen LogP contribution < -0.4 is 0 Å². The lowest BCUT2D eigenvalue weighted by Gasteiger charge is -2.20. The molecule has 4 nitrogen and oxygen atoms in total. The van der Waals surface area contributed by atoms with Gasteiger partial charge in [-0.1, -0.05) is 87.0 Å². The van der Waals surface area contributed by atoms with E-state index in [9.17, 15) is 4.79 Å². The van der Waals surface area contributed by atoms with Crippen molar-refractivity contribution < 1.29 is 9.53 Å². The molecule has 5 rings (SSSR count). The molecule has 4 aromatic carbocycles. The summed E-state index contributed by atoms with van der Waals surface area (Å²) >= 11 is 0. The first-order valence-corrected chi connectivity index (χ1v) is 13.5. The van der Waals surface area contributed by atoms with Crippen molar-refractivity contribution in [3.63, 3.8) is 0 Å². The van der Waals surface area contributed by atoms with Gasteiger partial charge in [0.2, 0.25) is 0 Å². The summed E-state index contributed by atoms with van der Waals surface area (Å²) in [6, 6.07) is 29.1. The van der Waals surface area contributed by atoms with E-state index in [-0.39, 0.29) is 5.97 Å². The van der Waals surface area contributed by atoms with Crippen LogP contribution >= 0.6 is 0 Å². The number of ether oxygens (including phenoxy) is 1. The number of aromatic nitrogens is 2. The zero-order valence-electron chi connectivity index (χ0n) is 23.0. The molecule has 0 amide bonds. The molecule has 0 saturated heterocycles. The van der Waals surface area contributed by atoms with Gasteiger partial charge in [0.15, 0.2) is 0 Å². The van der Waals surface area contributed by atoms with Crippen LogP contribution in [0.5, 0.6) is 0 Å². The van der Waals surface area contributed by atoms with Crippen LogP contribution in [0.4, 0.5) is 0 Å². The summed E-state index contributed by atoms with van der Waals surface area (Å²) in [5, 5.41) is 2.44. The molecule has 0 spiro atoms. The Bertz CT molecular complexity index is 1590. The second kappa shape index (κ2) is 10.4. The third-order valence-corrected chi connectivity index (χ3v) is 7.07. The monoisotopic (exact) mass is 504 g/mol. The Kier molecular flexibility index (Phi) is 7.07. The lowest BCUT2D eigenvalue weighted by atomic mass is 9.98. The van der Waals surface area contributed by atoms with Crippen molar-refractivity contribution in [1.82, 2.24) is 9.55 Å². The maximum atomic E-state index is 12.9. The maximum absolute atomic E-state index is 12.9.